The van der Waals surface area contributed by atoms with Gasteiger partial charge >= 0.3 is 35.8 Å². The molecule has 0 aliphatic carbocycles. The maximum Gasteiger partial charge on any atom is 0.338 e. The van der Waals surface area contributed by atoms with Gasteiger partial charge in [-0.15, -0.1) is 0 Å². The van der Waals surface area contributed by atoms with Gasteiger partial charge in [0.25, 0.3) is 0 Å². The highest BCUT2D eigenvalue weighted by atomic mass is 16.6. The number of carbonyl (C=O) groups is 6. The van der Waals surface area contributed by atoms with Gasteiger partial charge in [0.15, 0.2) is 74.7 Å². The molecule has 0 saturated carbocycles. The van der Waals surface area contributed by atoms with E-state index in [1.807, 2.05) is 13.8 Å². The van der Waals surface area contributed by atoms with Gasteiger partial charge in [0.05, 0.1) is 73.0 Å². The average Bonchev–Trinajstić information content (AvgIpc) is 0.941. The topological polar surface area (TPSA) is 421 Å². The van der Waals surface area contributed by atoms with E-state index in [-0.39, 0.29) is 111 Å². The molecule has 0 aliphatic heterocycles. The Labute approximate surface area is 547 Å². The van der Waals surface area contributed by atoms with Crippen LogP contribution in [0.4, 0.5) is 0 Å². The number of ether oxygens (including phenoxy) is 6. The van der Waals surface area contributed by atoms with Crippen LogP contribution < -0.4 is 0 Å². The Balaban J connectivity index is 0.00000111. The van der Waals surface area contributed by atoms with Crippen LogP contribution in [0.2, 0.25) is 0 Å². The molecule has 13 N–H and O–H groups in total. The maximum atomic E-state index is 11.7. The fourth-order valence-electron chi connectivity index (χ4n) is 7.53. The minimum Gasteiger partial charge on any atom is -0.504 e. The van der Waals surface area contributed by atoms with Gasteiger partial charge in [-0.25, -0.2) is 28.8 Å². The molecule has 6 aromatic rings. The molecule has 0 aliphatic rings. The fourth-order valence-corrected chi connectivity index (χ4v) is 7.53. The summed E-state index contributed by atoms with van der Waals surface area (Å²) in [6, 6.07) is 15.4. The molecule has 0 bridgehead atoms. The number of aromatic hydroxyl groups is 13. The number of hydrogen-bond donors (Lipinski definition) is 13. The van der Waals surface area contributed by atoms with Gasteiger partial charge in [-0.1, -0.05) is 66.7 Å². The van der Waals surface area contributed by atoms with Crippen molar-refractivity contribution in [3.8, 4) is 74.7 Å². The lowest BCUT2D eigenvalue weighted by atomic mass is 10.1. The molecule has 0 aromatic heterocycles. The van der Waals surface area contributed by atoms with Crippen LogP contribution in [-0.2, 0) is 28.4 Å². The van der Waals surface area contributed by atoms with E-state index in [1.54, 1.807) is 55.4 Å². The summed E-state index contributed by atoms with van der Waals surface area (Å²) in [4.78, 5) is 68.3. The molecule has 6 aromatic carbocycles. The lowest BCUT2D eigenvalue weighted by molar-refractivity contribution is 0.0374. The summed E-state index contributed by atoms with van der Waals surface area (Å²) >= 11 is 0. The van der Waals surface area contributed by atoms with Gasteiger partial charge in [0, 0.05) is 0 Å². The standard InChI is InChI=1S/C15H22O5.C12H16O4.2C11H14O4.C10H12O4.C9H10O4.CH4/c1-2-3-4-5-6-7-8-20-15(19)11-9-12(16)14(18)13(17)10-11;1-3-4-5-16-12(15)9-6-8(2)11(14)10(13)7-9;1-6(2)15-11(14)8-4-7(3)10(13)9(12)5-8;1-3-4-15-11(14)8-5-7(2)10(13)9(12)6-8;1-3-14-10(13)7-4-6(2)9(12)8(11)5-7;1-5-3-6(9(12)13-2)4-7(10)8(5)11;/h9-10,16-18H,2-8H2,1H3;6-7,13-14H,3-5H2,1-2H3;4-6,12-13H,1-3H3;5-6,12-13H,3-4H2,1-2H3;4-5,11-12H,3H2,1-2H3;3-4,10-11H,1-2H3;1H4. The van der Waals surface area contributed by atoms with Crippen molar-refractivity contribution in [2.75, 3.05) is 33.5 Å². The maximum absolute atomic E-state index is 11.7. The summed E-state index contributed by atoms with van der Waals surface area (Å²) in [6.07, 6.45) is 8.86. The van der Waals surface area contributed by atoms with Crippen molar-refractivity contribution in [1.29, 1.82) is 0 Å². The minimum absolute atomic E-state index is 0. The number of phenolic OH excluding ortho intramolecular Hbond substituents is 13. The Kier molecular flexibility index (Phi) is 37.8. The van der Waals surface area contributed by atoms with Crippen molar-refractivity contribution in [3.05, 3.63) is 134 Å². The van der Waals surface area contributed by atoms with Gasteiger partial charge in [-0.3, -0.25) is 0 Å². The van der Waals surface area contributed by atoms with Crippen LogP contribution in [-0.4, -0.2) is 142 Å². The number of rotatable bonds is 20. The molecule has 0 unspecified atom stereocenters. The van der Waals surface area contributed by atoms with Gasteiger partial charge in [-0.05, 0) is 175 Å². The molecule has 518 valence electrons. The molecule has 25 nitrogen and oxygen atoms in total. The van der Waals surface area contributed by atoms with Crippen LogP contribution in [0.3, 0.4) is 0 Å². The lowest BCUT2D eigenvalue weighted by Gasteiger charge is -2.09. The van der Waals surface area contributed by atoms with E-state index in [9.17, 15) is 90.0 Å². The molecule has 94 heavy (non-hydrogen) atoms. The van der Waals surface area contributed by atoms with Crippen molar-refractivity contribution in [3.63, 3.8) is 0 Å². The monoisotopic (exact) mass is 1320 g/mol. The lowest BCUT2D eigenvalue weighted by Crippen LogP contribution is -2.11. The first-order chi connectivity index (χ1) is 43.7. The summed E-state index contributed by atoms with van der Waals surface area (Å²) in [7, 11) is 1.25. The van der Waals surface area contributed by atoms with Crippen molar-refractivity contribution in [2.24, 2.45) is 0 Å². The van der Waals surface area contributed by atoms with Crippen LogP contribution in [0.1, 0.15) is 197 Å². The van der Waals surface area contributed by atoms with Gasteiger partial charge < -0.3 is 94.8 Å². The van der Waals surface area contributed by atoms with Gasteiger partial charge in [-0.2, -0.15) is 0 Å². The molecule has 0 fully saturated rings. The molecule has 0 heterocycles. The first-order valence-corrected chi connectivity index (χ1v) is 29.6. The third kappa shape index (κ3) is 28.4. The normalized spacial score (nSPS) is 10.0. The first kappa shape index (κ1) is 83.5. The predicted octanol–water partition coefficient (Wildman–Crippen LogP) is 13.0. The molecule has 0 amide bonds. The second-order valence-corrected chi connectivity index (χ2v) is 20.9. The zero-order chi connectivity index (χ0) is 70.8. The van der Waals surface area contributed by atoms with E-state index < -0.39 is 53.1 Å². The van der Waals surface area contributed by atoms with Crippen molar-refractivity contribution in [2.45, 2.75) is 147 Å². The number of aryl methyl sites for hydroxylation is 5. The first-order valence-electron chi connectivity index (χ1n) is 29.6. The summed E-state index contributed by atoms with van der Waals surface area (Å²) in [5.41, 5.74) is 3.40. The molecule has 0 atom stereocenters. The number of phenols is 13. The average molecular weight is 1320 g/mol. The molecule has 0 spiro atoms. The Bertz CT molecular complexity index is 3300. The number of carbonyl (C=O) groups excluding carboxylic acids is 6. The van der Waals surface area contributed by atoms with Crippen LogP contribution >= 0.6 is 0 Å². The second-order valence-electron chi connectivity index (χ2n) is 20.9. The molecular formula is C69H92O25. The van der Waals surface area contributed by atoms with Crippen LogP contribution in [0.25, 0.3) is 0 Å². The Morgan fingerprint density at radius 1 is 0.319 bits per heavy atom. The number of esters is 6. The highest BCUT2D eigenvalue weighted by Crippen LogP contribution is 2.37. The third-order valence-electron chi connectivity index (χ3n) is 12.6. The Morgan fingerprint density at radius 2 is 0.574 bits per heavy atom. The number of benzene rings is 6. The van der Waals surface area contributed by atoms with Crippen molar-refractivity contribution in [1.82, 2.24) is 0 Å². The largest absolute Gasteiger partial charge is 0.504 e. The van der Waals surface area contributed by atoms with E-state index in [4.69, 9.17) is 28.8 Å². The summed E-state index contributed by atoms with van der Waals surface area (Å²) in [5, 5.41) is 120. The second kappa shape index (κ2) is 42.6. The Hall–Kier alpha value is -10.5. The molecule has 0 radical (unpaired) electrons. The molecule has 25 heteroatoms. The van der Waals surface area contributed by atoms with Gasteiger partial charge in [0.1, 0.15) is 0 Å². The van der Waals surface area contributed by atoms with E-state index >= 15 is 0 Å². The smallest absolute Gasteiger partial charge is 0.338 e. The van der Waals surface area contributed by atoms with E-state index in [0.29, 0.717) is 47.6 Å². The van der Waals surface area contributed by atoms with E-state index in [1.165, 1.54) is 81.0 Å². The van der Waals surface area contributed by atoms with Crippen LogP contribution in [0.5, 0.6) is 74.7 Å². The number of methoxy groups -OCH3 is 1. The van der Waals surface area contributed by atoms with Crippen LogP contribution in [0, 0.1) is 34.6 Å². The van der Waals surface area contributed by atoms with E-state index in [2.05, 4.69) is 11.7 Å². The van der Waals surface area contributed by atoms with Crippen molar-refractivity contribution < 1.29 is 124 Å². The SMILES string of the molecule is C.CCCCCCCCOC(=O)c1cc(O)c(O)c(O)c1.CCCCOC(=O)c1cc(C)c(O)c(O)c1.CCCOC(=O)c1cc(C)c(O)c(O)c1.CCOC(=O)c1cc(C)c(O)c(O)c1.COC(=O)c1cc(C)c(O)c(O)c1.Cc1cc(C(=O)OC(C)C)cc(O)c1O. The van der Waals surface area contributed by atoms with Crippen molar-refractivity contribution >= 4 is 35.8 Å². The number of hydrogen-bond acceptors (Lipinski definition) is 25. The highest BCUT2D eigenvalue weighted by Gasteiger charge is 2.18. The summed E-state index contributed by atoms with van der Waals surface area (Å²) in [5.74, 6) is -7.49. The molecule has 0 saturated heterocycles. The van der Waals surface area contributed by atoms with E-state index in [0.717, 1.165) is 56.7 Å². The molecular weight excluding hydrogens is 1230 g/mol. The zero-order valence-corrected chi connectivity index (χ0v) is 54.4. The van der Waals surface area contributed by atoms with Crippen LogP contribution in [0.15, 0.2) is 72.8 Å². The zero-order valence-electron chi connectivity index (χ0n) is 54.4. The highest BCUT2D eigenvalue weighted by molar-refractivity contribution is 5.93. The summed E-state index contributed by atoms with van der Waals surface area (Å²) < 4.78 is 29.1. The molecule has 6 rings (SSSR count). The Morgan fingerprint density at radius 3 is 0.862 bits per heavy atom. The summed E-state index contributed by atoms with van der Waals surface area (Å²) in [6.45, 7) is 20.5. The quantitative estimate of drug-likeness (QED) is 0.0146. The van der Waals surface area contributed by atoms with Gasteiger partial charge in [0.2, 0.25) is 0 Å². The predicted molar refractivity (Wildman–Crippen MR) is 348 cm³/mol. The fraction of sp³-hybridized carbons (Fsp3) is 0.391. The number of unbranched alkanes of at least 4 members (excludes halogenated alkanes) is 6. The minimum atomic E-state index is -0.641. The third-order valence-corrected chi connectivity index (χ3v) is 12.6.